The molecule has 0 radical (unpaired) electrons. The summed E-state index contributed by atoms with van der Waals surface area (Å²) in [5.41, 5.74) is 0.0690. The van der Waals surface area contributed by atoms with Crippen molar-refractivity contribution in [3.05, 3.63) is 0 Å². The van der Waals surface area contributed by atoms with Crippen molar-refractivity contribution in [2.45, 2.75) is 51.7 Å². The Morgan fingerprint density at radius 3 is 2.38 bits per heavy atom. The molecule has 1 fully saturated rings. The van der Waals surface area contributed by atoms with Gasteiger partial charge in [-0.1, -0.05) is 13.3 Å². The summed E-state index contributed by atoms with van der Waals surface area (Å²) in [7, 11) is 1.98. The Labute approximate surface area is 81.7 Å². The van der Waals surface area contributed by atoms with Gasteiger partial charge in [-0.3, -0.25) is 0 Å². The van der Waals surface area contributed by atoms with Crippen LogP contribution in [0.4, 0.5) is 0 Å². The van der Waals surface area contributed by atoms with E-state index in [1.54, 1.807) is 0 Å². The summed E-state index contributed by atoms with van der Waals surface area (Å²) >= 11 is 0. The maximum Gasteiger partial charge on any atom is 0.0588 e. The van der Waals surface area contributed by atoms with Gasteiger partial charge in [0.25, 0.3) is 0 Å². The lowest BCUT2D eigenvalue weighted by Crippen LogP contribution is -2.50. The van der Waals surface area contributed by atoms with Crippen molar-refractivity contribution in [2.24, 2.45) is 11.8 Å². The fourth-order valence-electron chi connectivity index (χ4n) is 2.38. The number of nitrogens with one attached hydrogen (secondary N) is 1. The molecule has 0 amide bonds. The standard InChI is InChI=1S/C11H23NO/c1-8-5-6-9(10(13)7-8)11(2,3)12-4/h8-10,12-13H,5-7H2,1-4H3/t8-,9-,10-/m1/s1. The van der Waals surface area contributed by atoms with E-state index in [1.807, 2.05) is 7.05 Å². The first-order valence-electron chi connectivity index (χ1n) is 5.34. The molecule has 78 valence electrons. The van der Waals surface area contributed by atoms with Gasteiger partial charge in [-0.05, 0) is 39.7 Å². The van der Waals surface area contributed by atoms with Gasteiger partial charge in [0, 0.05) is 11.5 Å². The molecular formula is C11H23NO. The quantitative estimate of drug-likeness (QED) is 0.687. The van der Waals surface area contributed by atoms with E-state index in [0.717, 1.165) is 12.8 Å². The zero-order valence-corrected chi connectivity index (χ0v) is 9.30. The van der Waals surface area contributed by atoms with E-state index in [0.29, 0.717) is 11.8 Å². The molecule has 0 aromatic heterocycles. The molecule has 0 unspecified atom stereocenters. The zero-order valence-electron chi connectivity index (χ0n) is 9.30. The maximum absolute atomic E-state index is 9.97. The van der Waals surface area contributed by atoms with Crippen LogP contribution in [0.2, 0.25) is 0 Å². The SMILES string of the molecule is CNC(C)(C)[C@@H]1CC[C@@H](C)C[C@H]1O. The molecule has 1 saturated carbocycles. The van der Waals surface area contributed by atoms with Crippen LogP contribution < -0.4 is 5.32 Å². The summed E-state index contributed by atoms with van der Waals surface area (Å²) in [5, 5.41) is 13.3. The van der Waals surface area contributed by atoms with E-state index in [2.05, 4.69) is 26.1 Å². The molecule has 0 bridgehead atoms. The molecule has 1 aliphatic carbocycles. The van der Waals surface area contributed by atoms with E-state index >= 15 is 0 Å². The smallest absolute Gasteiger partial charge is 0.0588 e. The van der Waals surface area contributed by atoms with Crippen LogP contribution in [0.1, 0.15) is 40.0 Å². The minimum Gasteiger partial charge on any atom is -0.393 e. The minimum absolute atomic E-state index is 0.0690. The third-order valence-electron chi connectivity index (χ3n) is 3.65. The Balaban J connectivity index is 2.60. The molecule has 13 heavy (non-hydrogen) atoms. The lowest BCUT2D eigenvalue weighted by atomic mass is 9.72. The van der Waals surface area contributed by atoms with Crippen molar-refractivity contribution in [1.82, 2.24) is 5.32 Å². The van der Waals surface area contributed by atoms with Gasteiger partial charge in [-0.25, -0.2) is 0 Å². The molecule has 0 aromatic carbocycles. The van der Waals surface area contributed by atoms with E-state index in [-0.39, 0.29) is 11.6 Å². The molecule has 0 saturated heterocycles. The van der Waals surface area contributed by atoms with Crippen LogP contribution in [0, 0.1) is 11.8 Å². The van der Waals surface area contributed by atoms with Gasteiger partial charge in [-0.15, -0.1) is 0 Å². The molecule has 1 rings (SSSR count). The van der Waals surface area contributed by atoms with Crippen molar-refractivity contribution in [2.75, 3.05) is 7.05 Å². The molecule has 1 aliphatic rings. The second-order valence-corrected chi connectivity index (χ2v) is 5.06. The maximum atomic E-state index is 9.97. The highest BCUT2D eigenvalue weighted by atomic mass is 16.3. The average molecular weight is 185 g/mol. The molecule has 2 N–H and O–H groups in total. The summed E-state index contributed by atoms with van der Waals surface area (Å²) in [4.78, 5) is 0. The lowest BCUT2D eigenvalue weighted by Gasteiger charge is -2.41. The fourth-order valence-corrected chi connectivity index (χ4v) is 2.38. The van der Waals surface area contributed by atoms with Crippen LogP contribution in [0.3, 0.4) is 0 Å². The van der Waals surface area contributed by atoms with E-state index in [4.69, 9.17) is 0 Å². The van der Waals surface area contributed by atoms with Gasteiger partial charge < -0.3 is 10.4 Å². The first kappa shape index (κ1) is 11.0. The van der Waals surface area contributed by atoms with Crippen LogP contribution in [-0.2, 0) is 0 Å². The van der Waals surface area contributed by atoms with Crippen molar-refractivity contribution in [3.63, 3.8) is 0 Å². The largest absolute Gasteiger partial charge is 0.393 e. The van der Waals surface area contributed by atoms with Crippen LogP contribution in [0.25, 0.3) is 0 Å². The molecular weight excluding hydrogens is 162 g/mol. The van der Waals surface area contributed by atoms with E-state index in [1.165, 1.54) is 6.42 Å². The predicted octanol–water partition coefficient (Wildman–Crippen LogP) is 1.78. The van der Waals surface area contributed by atoms with Gasteiger partial charge in [0.1, 0.15) is 0 Å². The van der Waals surface area contributed by atoms with E-state index < -0.39 is 0 Å². The monoisotopic (exact) mass is 185 g/mol. The normalized spacial score (nSPS) is 36.2. The zero-order chi connectivity index (χ0) is 10.1. The summed E-state index contributed by atoms with van der Waals surface area (Å²) in [6.07, 6.45) is 3.25. The topological polar surface area (TPSA) is 32.3 Å². The second kappa shape index (κ2) is 3.97. The number of aliphatic hydroxyl groups excluding tert-OH is 1. The van der Waals surface area contributed by atoms with Gasteiger partial charge in [-0.2, -0.15) is 0 Å². The highest BCUT2D eigenvalue weighted by molar-refractivity contribution is 4.92. The van der Waals surface area contributed by atoms with Crippen molar-refractivity contribution in [3.8, 4) is 0 Å². The number of hydrogen-bond donors (Lipinski definition) is 2. The van der Waals surface area contributed by atoms with Crippen molar-refractivity contribution < 1.29 is 5.11 Å². The first-order chi connectivity index (χ1) is 5.97. The van der Waals surface area contributed by atoms with E-state index in [9.17, 15) is 5.11 Å². The number of aliphatic hydroxyl groups is 1. The fraction of sp³-hybridized carbons (Fsp3) is 1.00. The Morgan fingerprint density at radius 1 is 1.31 bits per heavy atom. The highest BCUT2D eigenvalue weighted by Crippen LogP contribution is 2.35. The van der Waals surface area contributed by atoms with Gasteiger partial charge >= 0.3 is 0 Å². The van der Waals surface area contributed by atoms with Gasteiger partial charge in [0.2, 0.25) is 0 Å². The molecule has 2 heteroatoms. The molecule has 0 aliphatic heterocycles. The highest BCUT2D eigenvalue weighted by Gasteiger charge is 2.36. The lowest BCUT2D eigenvalue weighted by molar-refractivity contribution is 0.00833. The van der Waals surface area contributed by atoms with Crippen LogP contribution in [0.15, 0.2) is 0 Å². The molecule has 0 aromatic rings. The molecule has 0 spiro atoms. The van der Waals surface area contributed by atoms with Crippen molar-refractivity contribution in [1.29, 1.82) is 0 Å². The van der Waals surface area contributed by atoms with Gasteiger partial charge in [0.15, 0.2) is 0 Å². The number of rotatable bonds is 2. The molecule has 2 nitrogen and oxygen atoms in total. The first-order valence-corrected chi connectivity index (χ1v) is 5.34. The third-order valence-corrected chi connectivity index (χ3v) is 3.65. The third kappa shape index (κ3) is 2.44. The average Bonchev–Trinajstić information content (AvgIpc) is 2.03. The summed E-state index contributed by atoms with van der Waals surface area (Å²) < 4.78 is 0. The Kier molecular flexibility index (Phi) is 3.36. The summed E-state index contributed by atoms with van der Waals surface area (Å²) in [5.74, 6) is 1.10. The Morgan fingerprint density at radius 2 is 1.92 bits per heavy atom. The minimum atomic E-state index is -0.119. The molecule has 3 atom stereocenters. The van der Waals surface area contributed by atoms with Crippen molar-refractivity contribution >= 4 is 0 Å². The number of hydrogen-bond acceptors (Lipinski definition) is 2. The second-order valence-electron chi connectivity index (χ2n) is 5.06. The summed E-state index contributed by atoms with van der Waals surface area (Å²) in [6.45, 7) is 6.58. The predicted molar refractivity (Wildman–Crippen MR) is 55.7 cm³/mol. The van der Waals surface area contributed by atoms with Crippen LogP contribution in [-0.4, -0.2) is 23.8 Å². The van der Waals surface area contributed by atoms with Crippen LogP contribution >= 0.6 is 0 Å². The van der Waals surface area contributed by atoms with Crippen LogP contribution in [0.5, 0.6) is 0 Å². The Bertz CT molecular complexity index is 167. The Hall–Kier alpha value is -0.0800. The van der Waals surface area contributed by atoms with Gasteiger partial charge in [0.05, 0.1) is 6.10 Å². The molecule has 0 heterocycles. The summed E-state index contributed by atoms with van der Waals surface area (Å²) in [6, 6.07) is 0.